The zero-order valence-corrected chi connectivity index (χ0v) is 12.6. The number of likely N-dealkylation sites (tertiary alicyclic amines) is 1. The number of rotatable bonds is 7. The van der Waals surface area contributed by atoms with E-state index in [9.17, 15) is 14.7 Å². The number of carboxylic acid groups (broad SMARTS) is 1. The molecule has 0 bridgehead atoms. The molecule has 2 aliphatic rings. The van der Waals surface area contributed by atoms with E-state index in [0.29, 0.717) is 12.8 Å². The van der Waals surface area contributed by atoms with Crippen molar-refractivity contribution in [2.24, 2.45) is 22.8 Å². The van der Waals surface area contributed by atoms with Crippen molar-refractivity contribution in [3.63, 3.8) is 0 Å². The maximum absolute atomic E-state index is 12.5. The van der Waals surface area contributed by atoms with Gasteiger partial charge in [0.15, 0.2) is 0 Å². The van der Waals surface area contributed by atoms with Gasteiger partial charge in [-0.05, 0) is 25.6 Å². The third-order valence-corrected chi connectivity index (χ3v) is 5.02. The molecular weight excluding hydrogens is 289 g/mol. The van der Waals surface area contributed by atoms with Crippen molar-refractivity contribution in [2.75, 3.05) is 19.6 Å². The number of hydrogen-bond acceptors (Lipinski definition) is 6. The number of hydrogen-bond donors (Lipinski definition) is 5. The summed E-state index contributed by atoms with van der Waals surface area (Å²) < 4.78 is 0. The molecule has 2 fully saturated rings. The fraction of sp³-hybridized carbons (Fsp3) is 0.846. The predicted molar refractivity (Wildman–Crippen MR) is 79.6 cm³/mol. The fourth-order valence-corrected chi connectivity index (χ4v) is 3.22. The highest BCUT2D eigenvalue weighted by atomic mass is 16.4. The van der Waals surface area contributed by atoms with Gasteiger partial charge in [-0.15, -0.1) is 0 Å². The zero-order chi connectivity index (χ0) is 16.5. The molecule has 124 valence electrons. The Morgan fingerprint density at radius 2 is 1.95 bits per heavy atom. The second kappa shape index (κ2) is 6.15. The van der Waals surface area contributed by atoms with Gasteiger partial charge in [-0.25, -0.2) is 0 Å². The smallest absolute Gasteiger partial charge is 0.451 e. The van der Waals surface area contributed by atoms with E-state index in [1.54, 1.807) is 0 Å². The molecule has 8 nitrogen and oxygen atoms in total. The van der Waals surface area contributed by atoms with Crippen LogP contribution >= 0.6 is 0 Å². The zero-order valence-electron chi connectivity index (χ0n) is 12.6. The molecule has 1 saturated carbocycles. The molecule has 2 atom stereocenters. The summed E-state index contributed by atoms with van der Waals surface area (Å²) in [4.78, 5) is 25.6. The fourth-order valence-electron chi connectivity index (χ4n) is 3.22. The summed E-state index contributed by atoms with van der Waals surface area (Å²) in [7, 11) is -1.41. The Labute approximate surface area is 129 Å². The maximum atomic E-state index is 12.5. The van der Waals surface area contributed by atoms with E-state index in [-0.39, 0.29) is 31.9 Å². The van der Waals surface area contributed by atoms with E-state index >= 15 is 0 Å². The van der Waals surface area contributed by atoms with Crippen LogP contribution in [-0.2, 0) is 9.59 Å². The summed E-state index contributed by atoms with van der Waals surface area (Å²) in [5.41, 5.74) is 9.71. The molecule has 0 aromatic heterocycles. The number of amides is 1. The van der Waals surface area contributed by atoms with Gasteiger partial charge < -0.3 is 31.5 Å². The molecule has 0 aromatic rings. The van der Waals surface area contributed by atoms with Gasteiger partial charge in [-0.3, -0.25) is 9.59 Å². The average molecular weight is 313 g/mol. The SMILES string of the molecule is NCC1(C(=O)N2C[C@H](CCCB(O)O)[C@](N)(C(=O)O)C2)CC1. The van der Waals surface area contributed by atoms with Crippen LogP contribution in [0.25, 0.3) is 0 Å². The summed E-state index contributed by atoms with van der Waals surface area (Å²) in [6, 6.07) is 0. The number of carboxylic acids is 1. The number of carbonyl (C=O) groups excluding carboxylic acids is 1. The van der Waals surface area contributed by atoms with Crippen molar-refractivity contribution in [3.8, 4) is 0 Å². The first-order chi connectivity index (χ1) is 10.2. The third-order valence-electron chi connectivity index (χ3n) is 5.02. The van der Waals surface area contributed by atoms with E-state index in [2.05, 4.69) is 0 Å². The molecule has 1 aliphatic carbocycles. The topological polar surface area (TPSA) is 150 Å². The second-order valence-corrected chi connectivity index (χ2v) is 6.62. The van der Waals surface area contributed by atoms with Crippen LogP contribution in [0, 0.1) is 11.3 Å². The van der Waals surface area contributed by atoms with Crippen molar-refractivity contribution in [3.05, 3.63) is 0 Å². The van der Waals surface area contributed by atoms with Gasteiger partial charge in [0.2, 0.25) is 5.91 Å². The third kappa shape index (κ3) is 3.12. The minimum absolute atomic E-state index is 0.0186. The maximum Gasteiger partial charge on any atom is 0.451 e. The van der Waals surface area contributed by atoms with E-state index in [1.165, 1.54) is 4.90 Å². The lowest BCUT2D eigenvalue weighted by atomic mass is 9.78. The monoisotopic (exact) mass is 313 g/mol. The van der Waals surface area contributed by atoms with Gasteiger partial charge in [0.25, 0.3) is 0 Å². The average Bonchev–Trinajstić information content (AvgIpc) is 3.18. The summed E-state index contributed by atoms with van der Waals surface area (Å²) >= 11 is 0. The van der Waals surface area contributed by atoms with E-state index in [0.717, 1.165) is 12.8 Å². The first-order valence-electron chi connectivity index (χ1n) is 7.63. The highest BCUT2D eigenvalue weighted by molar-refractivity contribution is 6.40. The van der Waals surface area contributed by atoms with Crippen molar-refractivity contribution in [2.45, 2.75) is 37.5 Å². The quantitative estimate of drug-likeness (QED) is 0.349. The molecule has 0 spiro atoms. The summed E-state index contributed by atoms with van der Waals surface area (Å²) in [5.74, 6) is -1.63. The number of carbonyl (C=O) groups is 2. The Bertz CT molecular complexity index is 457. The van der Waals surface area contributed by atoms with Gasteiger partial charge in [-0.2, -0.15) is 0 Å². The van der Waals surface area contributed by atoms with Crippen molar-refractivity contribution in [1.82, 2.24) is 4.90 Å². The van der Waals surface area contributed by atoms with Crippen LogP contribution in [0.4, 0.5) is 0 Å². The second-order valence-electron chi connectivity index (χ2n) is 6.62. The Morgan fingerprint density at radius 3 is 2.41 bits per heavy atom. The molecule has 22 heavy (non-hydrogen) atoms. The largest absolute Gasteiger partial charge is 0.480 e. The Kier molecular flexibility index (Phi) is 4.81. The van der Waals surface area contributed by atoms with E-state index < -0.39 is 30.0 Å². The predicted octanol–water partition coefficient (Wildman–Crippen LogP) is -1.78. The van der Waals surface area contributed by atoms with Crippen molar-refractivity contribution in [1.29, 1.82) is 0 Å². The molecule has 1 heterocycles. The van der Waals surface area contributed by atoms with Gasteiger partial charge in [0, 0.05) is 25.6 Å². The lowest BCUT2D eigenvalue weighted by Crippen LogP contribution is -2.55. The first-order valence-corrected chi connectivity index (χ1v) is 7.63. The molecule has 1 aliphatic heterocycles. The summed E-state index contributed by atoms with van der Waals surface area (Å²) in [6.45, 7) is 0.536. The molecule has 2 rings (SSSR count). The molecule has 0 aromatic carbocycles. The molecule has 1 amide bonds. The Hall–Kier alpha value is -1.16. The van der Waals surface area contributed by atoms with Crippen LogP contribution in [0.5, 0.6) is 0 Å². The molecular formula is C13H24BN3O5. The van der Waals surface area contributed by atoms with Crippen LogP contribution in [-0.4, -0.2) is 64.2 Å². The Balaban J connectivity index is 2.05. The van der Waals surface area contributed by atoms with Crippen molar-refractivity contribution < 1.29 is 24.7 Å². The molecule has 0 unspecified atom stereocenters. The minimum Gasteiger partial charge on any atom is -0.480 e. The highest BCUT2D eigenvalue weighted by Gasteiger charge is 2.56. The van der Waals surface area contributed by atoms with Crippen LogP contribution in [0.3, 0.4) is 0 Å². The minimum atomic E-state index is -1.49. The standard InChI is InChI=1S/C13H24BN3O5/c15-7-12(3-4-12)10(18)17-6-9(2-1-5-14(21)22)13(16,8-17)11(19)20/h9,21-22H,1-8,15-16H2,(H,19,20)/t9-,13-/m0/s1. The first kappa shape index (κ1) is 17.2. The van der Waals surface area contributed by atoms with Gasteiger partial charge in [0.05, 0.1) is 5.41 Å². The van der Waals surface area contributed by atoms with Crippen molar-refractivity contribution >= 4 is 19.0 Å². The molecule has 0 radical (unpaired) electrons. The highest BCUT2D eigenvalue weighted by Crippen LogP contribution is 2.47. The molecule has 9 heteroatoms. The normalized spacial score (nSPS) is 29.5. The van der Waals surface area contributed by atoms with Crippen LogP contribution in [0.2, 0.25) is 6.32 Å². The summed E-state index contributed by atoms with van der Waals surface area (Å²) in [6.07, 6.45) is 2.51. The van der Waals surface area contributed by atoms with Crippen LogP contribution in [0.15, 0.2) is 0 Å². The van der Waals surface area contributed by atoms with Gasteiger partial charge in [0.1, 0.15) is 5.54 Å². The Morgan fingerprint density at radius 1 is 1.32 bits per heavy atom. The number of nitrogens with zero attached hydrogens (tertiary/aromatic N) is 1. The van der Waals surface area contributed by atoms with Crippen LogP contribution < -0.4 is 11.5 Å². The van der Waals surface area contributed by atoms with E-state index in [1.807, 2.05) is 0 Å². The van der Waals surface area contributed by atoms with Crippen LogP contribution in [0.1, 0.15) is 25.7 Å². The molecule has 1 saturated heterocycles. The lowest BCUT2D eigenvalue weighted by molar-refractivity contribution is -0.144. The van der Waals surface area contributed by atoms with E-state index in [4.69, 9.17) is 21.5 Å². The molecule has 7 N–H and O–H groups in total. The van der Waals surface area contributed by atoms with Gasteiger partial charge in [-0.1, -0.05) is 6.42 Å². The lowest BCUT2D eigenvalue weighted by Gasteiger charge is -2.25. The summed E-state index contributed by atoms with van der Waals surface area (Å²) in [5, 5.41) is 27.2. The number of nitrogens with two attached hydrogens (primary N) is 2. The van der Waals surface area contributed by atoms with Gasteiger partial charge >= 0.3 is 13.1 Å². The number of aliphatic carboxylic acids is 1.